The Morgan fingerprint density at radius 2 is 1.63 bits per heavy atom. The Morgan fingerprint density at radius 1 is 1.04 bits per heavy atom. The van der Waals surface area contributed by atoms with Crippen LogP contribution in [-0.4, -0.2) is 30.3 Å². The number of carbonyl (C=O) groups excluding carboxylic acids is 1. The van der Waals surface area contributed by atoms with Gasteiger partial charge in [0.1, 0.15) is 0 Å². The van der Waals surface area contributed by atoms with Crippen molar-refractivity contribution in [2.24, 2.45) is 0 Å². The summed E-state index contributed by atoms with van der Waals surface area (Å²) in [5, 5.41) is 9.60. The first-order valence-electron chi connectivity index (χ1n) is 8.27. The third kappa shape index (κ3) is 4.01. The number of carbonyl (C=O) groups is 1. The van der Waals surface area contributed by atoms with Crippen molar-refractivity contribution in [3.63, 3.8) is 0 Å². The molecule has 8 heteroatoms. The van der Waals surface area contributed by atoms with Crippen molar-refractivity contribution < 1.29 is 18.4 Å². The molecule has 0 aliphatic rings. The molecule has 3 rings (SSSR count). The summed E-state index contributed by atoms with van der Waals surface area (Å²) in [6.07, 6.45) is 0. The van der Waals surface area contributed by atoms with Gasteiger partial charge < -0.3 is 14.4 Å². The lowest BCUT2D eigenvalue weighted by Crippen LogP contribution is -2.24. The molecule has 1 amide bonds. The van der Waals surface area contributed by atoms with Crippen LogP contribution in [0.2, 0.25) is 0 Å². The molecule has 2 aromatic carbocycles. The van der Waals surface area contributed by atoms with Gasteiger partial charge >= 0.3 is 7.60 Å². The predicted molar refractivity (Wildman–Crippen MR) is 103 cm³/mol. The van der Waals surface area contributed by atoms with Crippen molar-refractivity contribution in [1.82, 2.24) is 15.5 Å². The average Bonchev–Trinajstić information content (AvgIpc) is 3.19. The second-order valence-corrected chi connectivity index (χ2v) is 7.87. The van der Waals surface area contributed by atoms with Gasteiger partial charge in [-0.2, -0.15) is 5.10 Å². The summed E-state index contributed by atoms with van der Waals surface area (Å²) in [5.41, 5.74) is 2.31. The van der Waals surface area contributed by atoms with Crippen LogP contribution in [-0.2, 0) is 20.2 Å². The van der Waals surface area contributed by atoms with Gasteiger partial charge in [-0.1, -0.05) is 60.7 Å². The minimum atomic E-state index is -3.63. The highest BCUT2D eigenvalue weighted by Crippen LogP contribution is 2.47. The van der Waals surface area contributed by atoms with E-state index in [-0.39, 0.29) is 17.0 Å². The van der Waals surface area contributed by atoms with E-state index >= 15 is 0 Å². The van der Waals surface area contributed by atoms with Gasteiger partial charge in [-0.15, -0.1) is 0 Å². The fourth-order valence-corrected chi connectivity index (χ4v) is 3.89. The van der Waals surface area contributed by atoms with Gasteiger partial charge in [-0.05, 0) is 11.1 Å². The van der Waals surface area contributed by atoms with Crippen LogP contribution in [0.1, 0.15) is 16.1 Å². The number of aromatic amines is 1. The number of aromatic nitrogens is 2. The molecule has 3 aromatic rings. The first-order valence-corrected chi connectivity index (χ1v) is 9.81. The van der Waals surface area contributed by atoms with E-state index in [0.29, 0.717) is 17.7 Å². The summed E-state index contributed by atoms with van der Waals surface area (Å²) >= 11 is 0. The Labute approximate surface area is 157 Å². The molecule has 1 heterocycles. The molecule has 7 nitrogen and oxygen atoms in total. The normalized spacial score (nSPS) is 11.3. The third-order valence-corrected chi connectivity index (χ3v) is 5.91. The van der Waals surface area contributed by atoms with E-state index in [1.807, 2.05) is 48.5 Å². The number of hydrogen-bond acceptors (Lipinski definition) is 5. The van der Waals surface area contributed by atoms with Gasteiger partial charge in [0.2, 0.25) is 0 Å². The monoisotopic (exact) mass is 385 g/mol. The third-order valence-electron chi connectivity index (χ3n) is 4.08. The van der Waals surface area contributed by atoms with E-state index in [4.69, 9.17) is 9.05 Å². The van der Waals surface area contributed by atoms with E-state index in [1.165, 1.54) is 14.2 Å². The van der Waals surface area contributed by atoms with Gasteiger partial charge in [-0.3, -0.25) is 14.5 Å². The molecule has 0 unspecified atom stereocenters. The highest BCUT2D eigenvalue weighted by atomic mass is 31.2. The molecule has 27 heavy (non-hydrogen) atoms. The smallest absolute Gasteiger partial charge is 0.347 e. The lowest BCUT2D eigenvalue weighted by atomic mass is 10.1. The summed E-state index contributed by atoms with van der Waals surface area (Å²) < 4.78 is 23.1. The van der Waals surface area contributed by atoms with Crippen molar-refractivity contribution in [2.45, 2.75) is 6.54 Å². The van der Waals surface area contributed by atoms with Crippen LogP contribution in [0.15, 0.2) is 60.7 Å². The number of hydrogen-bond donors (Lipinski definition) is 2. The van der Waals surface area contributed by atoms with E-state index in [2.05, 4.69) is 15.5 Å². The van der Waals surface area contributed by atoms with Crippen LogP contribution in [0, 0.1) is 0 Å². The van der Waals surface area contributed by atoms with Crippen molar-refractivity contribution in [3.05, 3.63) is 71.9 Å². The number of nitrogens with one attached hydrogen (secondary N) is 2. The number of amides is 1. The lowest BCUT2D eigenvalue weighted by molar-refractivity contribution is 0.0946. The largest absolute Gasteiger partial charge is 0.379 e. The first-order chi connectivity index (χ1) is 13.1. The van der Waals surface area contributed by atoms with Crippen LogP contribution < -0.4 is 10.8 Å². The van der Waals surface area contributed by atoms with E-state index in [9.17, 15) is 9.36 Å². The zero-order chi connectivity index (χ0) is 19.3. The summed E-state index contributed by atoms with van der Waals surface area (Å²) in [4.78, 5) is 12.8. The molecule has 0 spiro atoms. The molecule has 0 atom stereocenters. The number of rotatable bonds is 7. The topological polar surface area (TPSA) is 93.3 Å². The first kappa shape index (κ1) is 19.0. The van der Waals surface area contributed by atoms with E-state index in [1.54, 1.807) is 12.1 Å². The fraction of sp³-hybridized carbons (Fsp3) is 0.158. The van der Waals surface area contributed by atoms with Crippen LogP contribution >= 0.6 is 7.60 Å². The van der Waals surface area contributed by atoms with Crippen molar-refractivity contribution in [2.75, 3.05) is 14.2 Å². The minimum absolute atomic E-state index is 0.126. The molecule has 1 aromatic heterocycles. The lowest BCUT2D eigenvalue weighted by Gasteiger charge is -2.14. The highest BCUT2D eigenvalue weighted by molar-refractivity contribution is 7.62. The molecule has 0 aliphatic heterocycles. The molecule has 2 N–H and O–H groups in total. The second-order valence-electron chi connectivity index (χ2n) is 5.69. The molecular formula is C19H20N3O4P. The van der Waals surface area contributed by atoms with Crippen molar-refractivity contribution >= 4 is 18.9 Å². The standard InChI is InChI=1S/C19H20N3O4P/c1-25-27(24,26-2)19-16(15-11-7-4-8-12-15)17(21-22-19)18(23)20-13-14-9-5-3-6-10-14/h3-12H,13H2,1-2H3,(H,20,23)(H,21,22). The highest BCUT2D eigenvalue weighted by Gasteiger charge is 2.34. The molecular weight excluding hydrogens is 365 g/mol. The molecule has 0 bridgehead atoms. The van der Waals surface area contributed by atoms with Crippen LogP contribution in [0.3, 0.4) is 0 Å². The Balaban J connectivity index is 1.99. The number of benzene rings is 2. The molecule has 0 aliphatic carbocycles. The Kier molecular flexibility index (Phi) is 5.86. The Bertz CT molecular complexity index is 950. The molecule has 0 fully saturated rings. The van der Waals surface area contributed by atoms with Crippen molar-refractivity contribution in [3.8, 4) is 11.1 Å². The maximum absolute atomic E-state index is 12.9. The van der Waals surface area contributed by atoms with Crippen molar-refractivity contribution in [1.29, 1.82) is 0 Å². The summed E-state index contributed by atoms with van der Waals surface area (Å²) in [7, 11) is -1.06. The quantitative estimate of drug-likeness (QED) is 0.610. The zero-order valence-electron chi connectivity index (χ0n) is 15.0. The second kappa shape index (κ2) is 8.31. The maximum Gasteiger partial charge on any atom is 0.379 e. The molecule has 0 radical (unpaired) electrons. The van der Waals surface area contributed by atoms with Gasteiger partial charge in [0.05, 0.1) is 0 Å². The Hall–Kier alpha value is -2.73. The summed E-state index contributed by atoms with van der Waals surface area (Å²) in [6, 6.07) is 18.6. The zero-order valence-corrected chi connectivity index (χ0v) is 15.9. The SMILES string of the molecule is COP(=O)(OC)c1[nH]nc(C(=O)NCc2ccccc2)c1-c1ccccc1. The van der Waals surface area contributed by atoms with Crippen LogP contribution in [0.25, 0.3) is 11.1 Å². The van der Waals surface area contributed by atoms with Gasteiger partial charge in [0.25, 0.3) is 5.91 Å². The molecule has 140 valence electrons. The van der Waals surface area contributed by atoms with Gasteiger partial charge in [0, 0.05) is 26.3 Å². The van der Waals surface area contributed by atoms with E-state index in [0.717, 1.165) is 5.56 Å². The van der Waals surface area contributed by atoms with Gasteiger partial charge in [-0.25, -0.2) is 0 Å². The minimum Gasteiger partial charge on any atom is -0.347 e. The number of nitrogens with zero attached hydrogens (tertiary/aromatic N) is 1. The fourth-order valence-electron chi connectivity index (χ4n) is 2.69. The van der Waals surface area contributed by atoms with Crippen LogP contribution in [0.5, 0.6) is 0 Å². The molecule has 0 saturated carbocycles. The van der Waals surface area contributed by atoms with Crippen LogP contribution in [0.4, 0.5) is 0 Å². The number of H-pyrrole nitrogens is 1. The average molecular weight is 385 g/mol. The summed E-state index contributed by atoms with van der Waals surface area (Å²) in [5.74, 6) is -0.390. The molecule has 0 saturated heterocycles. The predicted octanol–water partition coefficient (Wildman–Crippen LogP) is 3.12. The summed E-state index contributed by atoms with van der Waals surface area (Å²) in [6.45, 7) is 0.350. The van der Waals surface area contributed by atoms with E-state index < -0.39 is 7.60 Å². The maximum atomic E-state index is 12.9. The van der Waals surface area contributed by atoms with Gasteiger partial charge in [0.15, 0.2) is 11.1 Å². The Morgan fingerprint density at radius 3 is 2.22 bits per heavy atom.